The summed E-state index contributed by atoms with van der Waals surface area (Å²) in [5.74, 6) is 1.09. The van der Waals surface area contributed by atoms with E-state index in [2.05, 4.69) is 33.4 Å². The zero-order valence-corrected chi connectivity index (χ0v) is 16.3. The van der Waals surface area contributed by atoms with Crippen LogP contribution in [0, 0.1) is 39.9 Å². The predicted molar refractivity (Wildman–Crippen MR) is 98.2 cm³/mol. The van der Waals surface area contributed by atoms with Gasteiger partial charge in [-0.05, 0) is 60.7 Å². The van der Waals surface area contributed by atoms with Crippen LogP contribution in [0.4, 0.5) is 0 Å². The molecule has 0 saturated heterocycles. The fraction of sp³-hybridized carbons (Fsp3) is 0.818. The van der Waals surface area contributed by atoms with Crippen molar-refractivity contribution in [1.82, 2.24) is 0 Å². The van der Waals surface area contributed by atoms with Crippen LogP contribution in [-0.2, 0) is 14.3 Å². The monoisotopic (exact) mass is 360 g/mol. The van der Waals surface area contributed by atoms with Gasteiger partial charge >= 0.3 is 5.97 Å². The molecule has 4 aliphatic rings. The second-order valence-corrected chi connectivity index (χ2v) is 9.82. The minimum Gasteiger partial charge on any atom is -0.460 e. The Bertz CT molecular complexity index is 657. The first kappa shape index (κ1) is 18.2. The molecule has 0 aromatic rings. The maximum atomic E-state index is 13.1. The van der Waals surface area contributed by atoms with Gasteiger partial charge in [-0.25, -0.2) is 4.79 Å². The highest BCUT2D eigenvalue weighted by Gasteiger charge is 2.72. The molecule has 144 valence electrons. The number of aliphatic hydroxyl groups excluding tert-OH is 1. The third-order valence-electron chi connectivity index (χ3n) is 9.22. The molecule has 2 bridgehead atoms. The van der Waals surface area contributed by atoms with E-state index >= 15 is 0 Å². The molecule has 1 N–H and O–H groups in total. The SMILES string of the molecule is C=C[C@@]12C[C@H]1[C@H](C)[C@]13CCC(=O)C1[C@@](C)(C(C)CC3)[C@H](OC(=O)CO)C2. The topological polar surface area (TPSA) is 63.6 Å². The third-order valence-corrected chi connectivity index (χ3v) is 9.22. The summed E-state index contributed by atoms with van der Waals surface area (Å²) in [6.45, 7) is 10.3. The first-order valence-electron chi connectivity index (χ1n) is 10.2. The van der Waals surface area contributed by atoms with Gasteiger partial charge in [-0.1, -0.05) is 26.8 Å². The van der Waals surface area contributed by atoms with Gasteiger partial charge in [0.2, 0.25) is 0 Å². The van der Waals surface area contributed by atoms with Crippen LogP contribution in [0.25, 0.3) is 0 Å². The summed E-state index contributed by atoms with van der Waals surface area (Å²) in [4.78, 5) is 25.2. The van der Waals surface area contributed by atoms with E-state index in [1.807, 2.05) is 0 Å². The Hall–Kier alpha value is -1.16. The predicted octanol–water partition coefficient (Wildman–Crippen LogP) is 3.52. The van der Waals surface area contributed by atoms with Crippen LogP contribution in [0.3, 0.4) is 0 Å². The first-order valence-corrected chi connectivity index (χ1v) is 10.2. The Morgan fingerprint density at radius 2 is 2.08 bits per heavy atom. The van der Waals surface area contributed by atoms with Crippen molar-refractivity contribution in [2.45, 2.75) is 65.4 Å². The van der Waals surface area contributed by atoms with Gasteiger partial charge in [0.15, 0.2) is 0 Å². The molecule has 0 aliphatic heterocycles. The van der Waals surface area contributed by atoms with E-state index in [1.165, 1.54) is 0 Å². The van der Waals surface area contributed by atoms with Crippen molar-refractivity contribution >= 4 is 11.8 Å². The molecule has 0 spiro atoms. The van der Waals surface area contributed by atoms with Gasteiger partial charge < -0.3 is 9.84 Å². The molecule has 4 rings (SSSR count). The van der Waals surface area contributed by atoms with Crippen LogP contribution in [-0.4, -0.2) is 29.6 Å². The van der Waals surface area contributed by atoms with E-state index in [-0.39, 0.29) is 28.3 Å². The van der Waals surface area contributed by atoms with Crippen molar-refractivity contribution in [3.63, 3.8) is 0 Å². The number of ketones is 1. The van der Waals surface area contributed by atoms with Crippen molar-refractivity contribution in [3.8, 4) is 0 Å². The number of ether oxygens (including phenoxy) is 1. The van der Waals surface area contributed by atoms with Crippen LogP contribution in [0.1, 0.15) is 59.3 Å². The van der Waals surface area contributed by atoms with Gasteiger partial charge in [-0.15, -0.1) is 6.58 Å². The average Bonchev–Trinajstić information content (AvgIpc) is 3.23. The summed E-state index contributed by atoms with van der Waals surface area (Å²) >= 11 is 0. The maximum Gasteiger partial charge on any atom is 0.332 e. The largest absolute Gasteiger partial charge is 0.460 e. The number of hydrogen-bond acceptors (Lipinski definition) is 4. The van der Waals surface area contributed by atoms with Crippen molar-refractivity contribution in [1.29, 1.82) is 0 Å². The summed E-state index contributed by atoms with van der Waals surface area (Å²) in [7, 11) is 0. The molecule has 2 unspecified atom stereocenters. The summed E-state index contributed by atoms with van der Waals surface area (Å²) in [5.41, 5.74) is -0.311. The number of fused-ring (bicyclic) bond motifs is 1. The summed E-state index contributed by atoms with van der Waals surface area (Å²) in [6.07, 6.45) is 7.37. The number of carbonyl (C=O) groups excluding carboxylic acids is 2. The molecule has 0 amide bonds. The van der Waals surface area contributed by atoms with Gasteiger partial charge in [0.1, 0.15) is 18.5 Å². The van der Waals surface area contributed by atoms with Gasteiger partial charge in [-0.2, -0.15) is 0 Å². The Balaban J connectivity index is 1.86. The van der Waals surface area contributed by atoms with Crippen LogP contribution < -0.4 is 0 Å². The lowest BCUT2D eigenvalue weighted by atomic mass is 9.45. The zero-order chi connectivity index (χ0) is 18.9. The Morgan fingerprint density at radius 3 is 2.73 bits per heavy atom. The van der Waals surface area contributed by atoms with Crippen molar-refractivity contribution in [2.24, 2.45) is 39.9 Å². The van der Waals surface area contributed by atoms with Gasteiger partial charge in [-0.3, -0.25) is 4.79 Å². The standard InChI is InChI=1S/C22H32O4/c1-5-21-10-15(21)14(3)22-8-6-13(2)20(4,19(22)16(24)7-9-22)17(11-21)26-18(25)12-23/h5,13-15,17,19,23H,1,6-12H2,2-4H3/t13?,14-,15-,17+,19?,20-,21-,22-/m0/s1. The summed E-state index contributed by atoms with van der Waals surface area (Å²) < 4.78 is 5.86. The van der Waals surface area contributed by atoms with E-state index in [4.69, 9.17) is 4.74 Å². The average molecular weight is 360 g/mol. The number of hydrogen-bond donors (Lipinski definition) is 1. The van der Waals surface area contributed by atoms with Crippen molar-refractivity contribution < 1.29 is 19.4 Å². The normalized spacial score (nSPS) is 52.3. The highest BCUT2D eigenvalue weighted by molar-refractivity contribution is 5.85. The molecular weight excluding hydrogens is 328 g/mol. The molecule has 0 radical (unpaired) electrons. The summed E-state index contributed by atoms with van der Waals surface area (Å²) in [5, 5.41) is 9.28. The number of esters is 1. The van der Waals surface area contributed by atoms with E-state index in [9.17, 15) is 14.7 Å². The van der Waals surface area contributed by atoms with Crippen LogP contribution in [0.2, 0.25) is 0 Å². The fourth-order valence-corrected chi connectivity index (χ4v) is 7.41. The molecule has 0 aromatic heterocycles. The quantitative estimate of drug-likeness (QED) is 0.618. The number of rotatable bonds is 3. The molecule has 26 heavy (non-hydrogen) atoms. The zero-order valence-electron chi connectivity index (χ0n) is 16.3. The molecule has 4 nitrogen and oxygen atoms in total. The van der Waals surface area contributed by atoms with Gasteiger partial charge in [0.25, 0.3) is 0 Å². The summed E-state index contributed by atoms with van der Waals surface area (Å²) in [6, 6.07) is 0. The second kappa shape index (κ2) is 5.67. The molecule has 4 fully saturated rings. The molecule has 8 atom stereocenters. The lowest BCUT2D eigenvalue weighted by Crippen LogP contribution is -2.59. The highest BCUT2D eigenvalue weighted by atomic mass is 16.6. The number of carbonyl (C=O) groups is 2. The highest BCUT2D eigenvalue weighted by Crippen LogP contribution is 2.74. The van der Waals surface area contributed by atoms with E-state index < -0.39 is 12.6 Å². The lowest BCUT2D eigenvalue weighted by molar-refractivity contribution is -0.190. The molecular formula is C22H32O4. The molecule has 0 aromatic carbocycles. The molecule has 0 heterocycles. The Labute approximate surface area is 156 Å². The van der Waals surface area contributed by atoms with Crippen molar-refractivity contribution in [2.75, 3.05) is 6.61 Å². The lowest BCUT2D eigenvalue weighted by Gasteiger charge is -2.59. The van der Waals surface area contributed by atoms with Crippen LogP contribution >= 0.6 is 0 Å². The Morgan fingerprint density at radius 1 is 1.35 bits per heavy atom. The smallest absolute Gasteiger partial charge is 0.332 e. The second-order valence-electron chi connectivity index (χ2n) is 9.82. The number of aliphatic hydroxyl groups is 1. The first-order chi connectivity index (χ1) is 12.2. The molecule has 4 heteroatoms. The number of allylic oxidation sites excluding steroid dienone is 1. The van der Waals surface area contributed by atoms with Crippen LogP contribution in [0.5, 0.6) is 0 Å². The van der Waals surface area contributed by atoms with Gasteiger partial charge in [0.05, 0.1) is 0 Å². The van der Waals surface area contributed by atoms with E-state index in [0.717, 1.165) is 32.1 Å². The fourth-order valence-electron chi connectivity index (χ4n) is 7.41. The third kappa shape index (κ3) is 2.11. The molecule has 4 aliphatic carbocycles. The van der Waals surface area contributed by atoms with Crippen LogP contribution in [0.15, 0.2) is 12.7 Å². The Kier molecular flexibility index (Phi) is 3.97. The van der Waals surface area contributed by atoms with E-state index in [1.54, 1.807) is 0 Å². The van der Waals surface area contributed by atoms with Crippen molar-refractivity contribution in [3.05, 3.63) is 12.7 Å². The minimum absolute atomic E-state index is 0.0156. The minimum atomic E-state index is -0.606. The van der Waals surface area contributed by atoms with Gasteiger partial charge in [0, 0.05) is 17.8 Å². The van der Waals surface area contributed by atoms with E-state index in [0.29, 0.717) is 30.0 Å². The number of Topliss-reactive ketones (excluding diaryl/α,β-unsaturated/α-hetero) is 1. The maximum absolute atomic E-state index is 13.1. The molecule has 4 saturated carbocycles.